The Hall–Kier alpha value is -3.27. The number of carbonyl (C=O) groups is 2. The van der Waals surface area contributed by atoms with Gasteiger partial charge in [0.2, 0.25) is 5.69 Å². The van der Waals surface area contributed by atoms with Gasteiger partial charge in [-0.05, 0) is 38.0 Å². The predicted octanol–water partition coefficient (Wildman–Crippen LogP) is 6.67. The maximum Gasteiger partial charge on any atom is 0.213 e. The molecule has 1 aromatic heterocycles. The molecule has 0 saturated heterocycles. The number of aryl methyl sites for hydroxylation is 2. The van der Waals surface area contributed by atoms with Crippen molar-refractivity contribution < 1.29 is 14.2 Å². The topological polar surface area (TPSA) is 42.1 Å². The molecule has 0 amide bonds. The van der Waals surface area contributed by atoms with Crippen LogP contribution in [0.2, 0.25) is 0 Å². The van der Waals surface area contributed by atoms with Gasteiger partial charge in [0.25, 0.3) is 0 Å². The highest BCUT2D eigenvalue weighted by Crippen LogP contribution is 2.46. The Kier molecular flexibility index (Phi) is 6.08. The van der Waals surface area contributed by atoms with E-state index in [9.17, 15) is 9.59 Å². The summed E-state index contributed by atoms with van der Waals surface area (Å²) in [5.74, 6) is -0.762. The number of ketones is 2. The number of unbranched alkanes of at least 4 members (excludes halogenated alkanes) is 2. The van der Waals surface area contributed by atoms with Crippen LogP contribution in [-0.4, -0.2) is 33.0 Å². The van der Waals surface area contributed by atoms with Crippen LogP contribution in [0.4, 0.5) is 5.69 Å². The Balaban J connectivity index is 1.63. The quantitative estimate of drug-likeness (QED) is 0.169. The molecule has 5 rings (SSSR count). The molecule has 4 heteroatoms. The van der Waals surface area contributed by atoms with E-state index in [-0.39, 0.29) is 11.6 Å². The van der Waals surface area contributed by atoms with Crippen LogP contribution in [0.3, 0.4) is 0 Å². The average Bonchev–Trinajstić information content (AvgIpc) is 3.27. The maximum absolute atomic E-state index is 13.8. The number of hydrogen-bond donors (Lipinski definition) is 0. The lowest BCUT2D eigenvalue weighted by atomic mass is 9.69. The monoisotopic (exact) mass is 467 g/mol. The number of hydrogen-bond acceptors (Lipinski definition) is 2. The van der Waals surface area contributed by atoms with Crippen molar-refractivity contribution in [1.29, 1.82) is 0 Å². The summed E-state index contributed by atoms with van der Waals surface area (Å²) in [5.41, 5.74) is 8.60. The van der Waals surface area contributed by atoms with Gasteiger partial charge in [-0.15, -0.1) is 0 Å². The van der Waals surface area contributed by atoms with Crippen LogP contribution in [0.25, 0.3) is 16.5 Å². The van der Waals surface area contributed by atoms with E-state index in [1.807, 2.05) is 12.1 Å². The third-order valence-corrected chi connectivity index (χ3v) is 7.78. The van der Waals surface area contributed by atoms with Crippen molar-refractivity contribution in [2.45, 2.75) is 72.8 Å². The SMILES string of the molecule is CCCCn1c(C)c(C2C(=O)C(=C3C(C)=[N+](CCCC)c4ccc(C)cc43)C2=O)c2ccccc21. The average molecular weight is 468 g/mol. The van der Waals surface area contributed by atoms with Gasteiger partial charge in [0.05, 0.1) is 16.7 Å². The smallest absolute Gasteiger partial charge is 0.213 e. The Morgan fingerprint density at radius 3 is 2.31 bits per heavy atom. The van der Waals surface area contributed by atoms with Crippen LogP contribution in [0.15, 0.2) is 48.0 Å². The fourth-order valence-corrected chi connectivity index (χ4v) is 5.90. The molecule has 180 valence electrons. The zero-order chi connectivity index (χ0) is 24.9. The minimum absolute atomic E-state index is 0.0318. The highest BCUT2D eigenvalue weighted by molar-refractivity contribution is 6.50. The first-order valence-corrected chi connectivity index (χ1v) is 13.0. The van der Waals surface area contributed by atoms with E-state index in [1.54, 1.807) is 0 Å². The molecule has 0 radical (unpaired) electrons. The predicted molar refractivity (Wildman–Crippen MR) is 143 cm³/mol. The third-order valence-electron chi connectivity index (χ3n) is 7.78. The first-order valence-electron chi connectivity index (χ1n) is 13.0. The summed E-state index contributed by atoms with van der Waals surface area (Å²) in [6, 6.07) is 14.6. The normalized spacial score (nSPS) is 17.6. The molecule has 1 aliphatic carbocycles. The highest BCUT2D eigenvalue weighted by atomic mass is 16.2. The minimum Gasteiger partial charge on any atom is -0.345 e. The molecule has 0 unspecified atom stereocenters. The Labute approximate surface area is 208 Å². The molecule has 1 saturated carbocycles. The van der Waals surface area contributed by atoms with E-state index in [0.717, 1.165) is 89.0 Å². The highest BCUT2D eigenvalue weighted by Gasteiger charge is 2.51. The number of carbonyl (C=O) groups excluding carboxylic acids is 2. The first-order chi connectivity index (χ1) is 16.9. The van der Waals surface area contributed by atoms with Crippen LogP contribution in [0.5, 0.6) is 0 Å². The summed E-state index contributed by atoms with van der Waals surface area (Å²) in [6.45, 7) is 12.3. The fourth-order valence-electron chi connectivity index (χ4n) is 5.90. The lowest BCUT2D eigenvalue weighted by Gasteiger charge is -2.28. The zero-order valence-corrected chi connectivity index (χ0v) is 21.6. The molecule has 2 aromatic carbocycles. The molecule has 4 nitrogen and oxygen atoms in total. The van der Waals surface area contributed by atoms with Crippen molar-refractivity contribution in [1.82, 2.24) is 4.57 Å². The number of allylic oxidation sites excluding steroid dienone is 2. The van der Waals surface area contributed by atoms with E-state index in [4.69, 9.17) is 0 Å². The fraction of sp³-hybridized carbons (Fsp3) is 0.387. The maximum atomic E-state index is 13.8. The summed E-state index contributed by atoms with van der Waals surface area (Å²) in [5, 5.41) is 1.03. The number of nitrogens with zero attached hydrogens (tertiary/aromatic N) is 2. The Morgan fingerprint density at radius 2 is 1.60 bits per heavy atom. The Morgan fingerprint density at radius 1 is 0.886 bits per heavy atom. The van der Waals surface area contributed by atoms with Gasteiger partial charge in [-0.1, -0.05) is 56.5 Å². The van der Waals surface area contributed by atoms with Gasteiger partial charge < -0.3 is 4.57 Å². The van der Waals surface area contributed by atoms with Crippen LogP contribution in [0, 0.1) is 13.8 Å². The second kappa shape index (κ2) is 9.07. The first kappa shape index (κ1) is 23.5. The molecular formula is C31H35N2O2+. The molecule has 2 heterocycles. The van der Waals surface area contributed by atoms with Crippen molar-refractivity contribution >= 4 is 39.4 Å². The number of fused-ring (bicyclic) bond motifs is 2. The van der Waals surface area contributed by atoms with Crippen LogP contribution < -0.4 is 0 Å². The summed E-state index contributed by atoms with van der Waals surface area (Å²) in [6.07, 6.45) is 4.33. The van der Waals surface area contributed by atoms with Gasteiger partial charge in [-0.2, -0.15) is 4.58 Å². The van der Waals surface area contributed by atoms with Gasteiger partial charge in [0.15, 0.2) is 17.3 Å². The van der Waals surface area contributed by atoms with E-state index in [2.05, 4.69) is 74.1 Å². The zero-order valence-electron chi connectivity index (χ0n) is 21.6. The van der Waals surface area contributed by atoms with E-state index >= 15 is 0 Å². The molecule has 3 aromatic rings. The van der Waals surface area contributed by atoms with E-state index in [1.165, 1.54) is 0 Å². The molecule has 0 bridgehead atoms. The molecule has 1 aliphatic heterocycles. The van der Waals surface area contributed by atoms with Crippen LogP contribution in [-0.2, 0) is 16.1 Å². The van der Waals surface area contributed by atoms with Crippen molar-refractivity contribution in [3.63, 3.8) is 0 Å². The third kappa shape index (κ3) is 3.53. The molecular weight excluding hydrogens is 432 g/mol. The van der Waals surface area contributed by atoms with Crippen LogP contribution >= 0.6 is 0 Å². The largest absolute Gasteiger partial charge is 0.345 e. The number of para-hydroxylation sites is 1. The summed E-state index contributed by atoms with van der Waals surface area (Å²) in [7, 11) is 0. The number of benzene rings is 2. The summed E-state index contributed by atoms with van der Waals surface area (Å²) < 4.78 is 4.58. The summed E-state index contributed by atoms with van der Waals surface area (Å²) in [4.78, 5) is 27.6. The number of Topliss-reactive ketones (excluding diaryl/α,β-unsaturated/α-hetero) is 2. The summed E-state index contributed by atoms with van der Waals surface area (Å²) >= 11 is 0. The molecule has 0 spiro atoms. The van der Waals surface area contributed by atoms with E-state index < -0.39 is 5.92 Å². The van der Waals surface area contributed by atoms with E-state index in [0.29, 0.717) is 5.57 Å². The molecule has 2 aliphatic rings. The molecule has 35 heavy (non-hydrogen) atoms. The minimum atomic E-state index is -0.698. The molecule has 0 atom stereocenters. The molecule has 1 fully saturated rings. The standard InChI is InChI=1S/C31H35N2O2/c1-6-8-16-32-20(4)26(22-12-10-11-13-24(22)32)28-30(34)29(31(28)35)27-21(5)33(17-9-7-2)25-15-14-19(3)18-23(25)27/h10-15,18,28H,6-9,16-17H2,1-5H3/q+1. The second-order valence-electron chi connectivity index (χ2n) is 10.0. The van der Waals surface area contributed by atoms with Gasteiger partial charge in [0.1, 0.15) is 12.5 Å². The number of rotatable bonds is 7. The lowest BCUT2D eigenvalue weighted by molar-refractivity contribution is -0.437. The van der Waals surface area contributed by atoms with Gasteiger partial charge in [-0.3, -0.25) is 9.59 Å². The van der Waals surface area contributed by atoms with Crippen molar-refractivity contribution in [2.75, 3.05) is 6.54 Å². The van der Waals surface area contributed by atoms with Gasteiger partial charge >= 0.3 is 0 Å². The van der Waals surface area contributed by atoms with Crippen molar-refractivity contribution in [3.8, 4) is 0 Å². The van der Waals surface area contributed by atoms with Gasteiger partial charge in [-0.25, -0.2) is 0 Å². The van der Waals surface area contributed by atoms with Gasteiger partial charge in [0, 0.05) is 42.6 Å². The van der Waals surface area contributed by atoms with Crippen LogP contribution in [0.1, 0.15) is 74.8 Å². The lowest BCUT2D eigenvalue weighted by Crippen LogP contribution is -2.40. The second-order valence-corrected chi connectivity index (χ2v) is 10.0. The number of aromatic nitrogens is 1. The molecule has 0 N–H and O–H groups in total. The van der Waals surface area contributed by atoms with Crippen molar-refractivity contribution in [3.05, 3.63) is 70.4 Å². The Bertz CT molecular complexity index is 1420. The van der Waals surface area contributed by atoms with Crippen molar-refractivity contribution in [2.24, 2.45) is 0 Å².